The minimum atomic E-state index is -3.67. The molecule has 188 valence electrons. The van der Waals surface area contributed by atoms with Gasteiger partial charge in [-0.25, -0.2) is 17.8 Å². The van der Waals surface area contributed by atoms with Crippen molar-refractivity contribution in [2.75, 3.05) is 42.3 Å². The van der Waals surface area contributed by atoms with Crippen LogP contribution in [0.1, 0.15) is 11.4 Å². The molecule has 0 atom stereocenters. The number of benzene rings is 3. The summed E-state index contributed by atoms with van der Waals surface area (Å²) in [6, 6.07) is 18.9. The quantitative estimate of drug-likeness (QED) is 0.406. The average Bonchev–Trinajstić information content (AvgIpc) is 3.18. The number of aromatic nitrogens is 2. The topological polar surface area (TPSA) is 70.5 Å². The number of hydrogen-bond acceptors (Lipinski definition) is 5. The van der Waals surface area contributed by atoms with Crippen LogP contribution in [-0.2, 0) is 23.5 Å². The molecular weight excluding hydrogens is 477 g/mol. The molecule has 36 heavy (non-hydrogen) atoms. The molecule has 1 aliphatic rings. The van der Waals surface area contributed by atoms with E-state index < -0.39 is 10.0 Å². The molecular formula is C27H30FN5O2S. The van der Waals surface area contributed by atoms with Crippen LogP contribution in [0.3, 0.4) is 0 Å². The van der Waals surface area contributed by atoms with Crippen LogP contribution in [-0.4, -0.2) is 55.6 Å². The van der Waals surface area contributed by atoms with E-state index in [-0.39, 0.29) is 10.7 Å². The standard InChI is InChI=1S/C27H30FN5O2S/c1-20-3-10-24(11-4-20)36(34,35)30-22-7-12-26-25(19-22)29-27(31(26)2)13-14-32-15-17-33(18-16-32)23-8-5-21(28)6-9-23/h3-12,19,30H,13-18H2,1-2H3. The number of aryl methyl sites for hydroxylation is 2. The number of fused-ring (bicyclic) bond motifs is 1. The number of hydrogen-bond donors (Lipinski definition) is 1. The Balaban J connectivity index is 1.22. The van der Waals surface area contributed by atoms with E-state index >= 15 is 0 Å². The highest BCUT2D eigenvalue weighted by Crippen LogP contribution is 2.23. The van der Waals surface area contributed by atoms with Crippen molar-refractivity contribution < 1.29 is 12.8 Å². The third kappa shape index (κ3) is 5.22. The van der Waals surface area contributed by atoms with Gasteiger partial charge in [0.15, 0.2) is 0 Å². The number of nitrogens with zero attached hydrogens (tertiary/aromatic N) is 4. The molecule has 9 heteroatoms. The Morgan fingerprint density at radius 3 is 2.33 bits per heavy atom. The molecule has 1 saturated heterocycles. The molecule has 1 fully saturated rings. The monoisotopic (exact) mass is 507 g/mol. The van der Waals surface area contributed by atoms with Crippen LogP contribution in [0.4, 0.5) is 15.8 Å². The van der Waals surface area contributed by atoms with Gasteiger partial charge >= 0.3 is 0 Å². The fraction of sp³-hybridized carbons (Fsp3) is 0.296. The number of sulfonamides is 1. The van der Waals surface area contributed by atoms with E-state index in [2.05, 4.69) is 19.1 Å². The zero-order chi connectivity index (χ0) is 25.3. The summed E-state index contributed by atoms with van der Waals surface area (Å²) in [5, 5.41) is 0. The van der Waals surface area contributed by atoms with Gasteiger partial charge in [-0.2, -0.15) is 0 Å². The third-order valence-corrected chi connectivity index (χ3v) is 8.17. The van der Waals surface area contributed by atoms with Crippen molar-refractivity contribution >= 4 is 32.4 Å². The Kier molecular flexibility index (Phi) is 6.68. The van der Waals surface area contributed by atoms with Crippen molar-refractivity contribution in [1.29, 1.82) is 0 Å². The Morgan fingerprint density at radius 1 is 0.944 bits per heavy atom. The molecule has 4 aromatic rings. The lowest BCUT2D eigenvalue weighted by Crippen LogP contribution is -2.47. The molecule has 1 N–H and O–H groups in total. The molecule has 0 aliphatic carbocycles. The summed E-state index contributed by atoms with van der Waals surface area (Å²) in [6.45, 7) is 6.49. The van der Waals surface area contributed by atoms with Gasteiger partial charge in [0.2, 0.25) is 0 Å². The summed E-state index contributed by atoms with van der Waals surface area (Å²) in [5.74, 6) is 0.750. The van der Waals surface area contributed by atoms with Crippen LogP contribution >= 0.6 is 0 Å². The van der Waals surface area contributed by atoms with Crippen LogP contribution in [0.15, 0.2) is 71.6 Å². The van der Waals surface area contributed by atoms with Gasteiger partial charge in [-0.15, -0.1) is 0 Å². The number of rotatable bonds is 7. The zero-order valence-corrected chi connectivity index (χ0v) is 21.3. The van der Waals surface area contributed by atoms with E-state index in [0.29, 0.717) is 5.69 Å². The maximum absolute atomic E-state index is 13.2. The largest absolute Gasteiger partial charge is 0.369 e. The molecule has 2 heterocycles. The van der Waals surface area contributed by atoms with Crippen LogP contribution < -0.4 is 9.62 Å². The van der Waals surface area contributed by atoms with Gasteiger partial charge in [0.1, 0.15) is 11.6 Å². The first-order valence-corrected chi connectivity index (χ1v) is 13.5. The highest BCUT2D eigenvalue weighted by atomic mass is 32.2. The molecule has 0 saturated carbocycles. The van der Waals surface area contributed by atoms with Crippen molar-refractivity contribution in [3.05, 3.63) is 83.9 Å². The molecule has 0 radical (unpaired) electrons. The zero-order valence-electron chi connectivity index (χ0n) is 20.5. The second-order valence-corrected chi connectivity index (χ2v) is 10.9. The SMILES string of the molecule is Cc1ccc(S(=O)(=O)Nc2ccc3c(c2)nc(CCN2CCN(c4ccc(F)cc4)CC2)n3C)cc1. The van der Waals surface area contributed by atoms with Gasteiger partial charge in [0.25, 0.3) is 10.0 Å². The van der Waals surface area contributed by atoms with Crippen LogP contribution in [0.25, 0.3) is 11.0 Å². The first kappa shape index (κ1) is 24.3. The Bertz CT molecular complexity index is 1460. The van der Waals surface area contributed by atoms with E-state index in [9.17, 15) is 12.8 Å². The molecule has 0 spiro atoms. The fourth-order valence-electron chi connectivity index (χ4n) is 4.61. The number of imidazole rings is 1. The number of anilines is 2. The Labute approximate surface area is 211 Å². The fourth-order valence-corrected chi connectivity index (χ4v) is 5.66. The van der Waals surface area contributed by atoms with Crippen molar-refractivity contribution in [1.82, 2.24) is 14.5 Å². The average molecular weight is 508 g/mol. The minimum absolute atomic E-state index is 0.212. The van der Waals surface area contributed by atoms with Crippen LogP contribution in [0, 0.1) is 12.7 Å². The third-order valence-electron chi connectivity index (χ3n) is 6.77. The first-order chi connectivity index (χ1) is 17.3. The number of nitrogens with one attached hydrogen (secondary N) is 1. The normalized spacial score (nSPS) is 14.9. The highest BCUT2D eigenvalue weighted by molar-refractivity contribution is 7.92. The van der Waals surface area contributed by atoms with Crippen LogP contribution in [0.2, 0.25) is 0 Å². The minimum Gasteiger partial charge on any atom is -0.369 e. The van der Waals surface area contributed by atoms with E-state index in [1.165, 1.54) is 12.1 Å². The summed E-state index contributed by atoms with van der Waals surface area (Å²) in [7, 11) is -1.67. The molecule has 0 unspecified atom stereocenters. The highest BCUT2D eigenvalue weighted by Gasteiger charge is 2.19. The molecule has 5 rings (SSSR count). The molecule has 3 aromatic carbocycles. The van der Waals surface area contributed by atoms with Crippen molar-refractivity contribution in [2.45, 2.75) is 18.2 Å². The number of halogens is 1. The molecule has 7 nitrogen and oxygen atoms in total. The van der Waals surface area contributed by atoms with E-state index in [1.807, 2.05) is 32.2 Å². The maximum atomic E-state index is 13.2. The van der Waals surface area contributed by atoms with Crippen LogP contribution in [0.5, 0.6) is 0 Å². The lowest BCUT2D eigenvalue weighted by molar-refractivity contribution is 0.259. The predicted molar refractivity (Wildman–Crippen MR) is 141 cm³/mol. The molecule has 1 aliphatic heterocycles. The first-order valence-electron chi connectivity index (χ1n) is 12.1. The van der Waals surface area contributed by atoms with Gasteiger partial charge in [0.05, 0.1) is 21.6 Å². The summed E-state index contributed by atoms with van der Waals surface area (Å²) >= 11 is 0. The van der Waals surface area contributed by atoms with E-state index in [4.69, 9.17) is 4.98 Å². The van der Waals surface area contributed by atoms with E-state index in [1.54, 1.807) is 36.4 Å². The van der Waals surface area contributed by atoms with E-state index in [0.717, 1.165) is 67.3 Å². The second-order valence-electron chi connectivity index (χ2n) is 9.26. The molecule has 0 bridgehead atoms. The van der Waals surface area contributed by atoms with Gasteiger partial charge in [-0.3, -0.25) is 9.62 Å². The predicted octanol–water partition coefficient (Wildman–Crippen LogP) is 4.19. The van der Waals surface area contributed by atoms with Gasteiger partial charge in [-0.1, -0.05) is 17.7 Å². The number of piperazine rings is 1. The van der Waals surface area contributed by atoms with Gasteiger partial charge < -0.3 is 9.47 Å². The Morgan fingerprint density at radius 2 is 1.64 bits per heavy atom. The molecule has 0 amide bonds. The lowest BCUT2D eigenvalue weighted by Gasteiger charge is -2.36. The maximum Gasteiger partial charge on any atom is 0.261 e. The van der Waals surface area contributed by atoms with Gasteiger partial charge in [0, 0.05) is 51.9 Å². The van der Waals surface area contributed by atoms with Crippen molar-refractivity contribution in [2.24, 2.45) is 7.05 Å². The summed E-state index contributed by atoms with van der Waals surface area (Å²) in [6.07, 6.45) is 0.798. The smallest absolute Gasteiger partial charge is 0.261 e. The summed E-state index contributed by atoms with van der Waals surface area (Å²) in [4.78, 5) is 9.73. The molecule has 1 aromatic heterocycles. The van der Waals surface area contributed by atoms with Gasteiger partial charge in [-0.05, 0) is 61.5 Å². The van der Waals surface area contributed by atoms with Crippen molar-refractivity contribution in [3.63, 3.8) is 0 Å². The Hall–Kier alpha value is -3.43. The summed E-state index contributed by atoms with van der Waals surface area (Å²) < 4.78 is 43.5. The second kappa shape index (κ2) is 9.91. The lowest BCUT2D eigenvalue weighted by atomic mass is 10.2. The summed E-state index contributed by atoms with van der Waals surface area (Å²) in [5.41, 5.74) is 4.28. The van der Waals surface area contributed by atoms with Crippen molar-refractivity contribution in [3.8, 4) is 0 Å².